The van der Waals surface area contributed by atoms with E-state index in [1.165, 1.54) is 0 Å². The quantitative estimate of drug-likeness (QED) is 0.450. The molecule has 1 unspecified atom stereocenters. The lowest BCUT2D eigenvalue weighted by molar-refractivity contribution is -0.121. The van der Waals surface area contributed by atoms with Gasteiger partial charge < -0.3 is 14.6 Å². The van der Waals surface area contributed by atoms with Gasteiger partial charge in [-0.2, -0.15) is 0 Å². The van der Waals surface area contributed by atoms with Crippen LogP contribution in [0.4, 0.5) is 0 Å². The van der Waals surface area contributed by atoms with Gasteiger partial charge in [0.1, 0.15) is 17.6 Å². The van der Waals surface area contributed by atoms with Gasteiger partial charge in [0.2, 0.25) is 5.91 Å². The number of nitrogens with one attached hydrogen (secondary N) is 1. The van der Waals surface area contributed by atoms with Crippen LogP contribution in [0.15, 0.2) is 66.0 Å². The minimum atomic E-state index is -0.392. The maximum absolute atomic E-state index is 12.8. The predicted molar refractivity (Wildman–Crippen MR) is 126 cm³/mol. The van der Waals surface area contributed by atoms with Gasteiger partial charge in [0.05, 0.1) is 24.3 Å². The van der Waals surface area contributed by atoms with Gasteiger partial charge in [-0.1, -0.05) is 24.3 Å². The second-order valence-electron chi connectivity index (χ2n) is 7.99. The van der Waals surface area contributed by atoms with Crippen LogP contribution in [0.2, 0.25) is 0 Å². The number of fused-ring (bicyclic) bond motifs is 1. The molecule has 1 amide bonds. The summed E-state index contributed by atoms with van der Waals surface area (Å²) in [6.45, 7) is 2.35. The minimum Gasteiger partial charge on any atom is -0.497 e. The van der Waals surface area contributed by atoms with E-state index in [2.05, 4.69) is 15.3 Å². The molecule has 0 fully saturated rings. The third-order valence-corrected chi connectivity index (χ3v) is 5.73. The molecule has 0 aliphatic heterocycles. The van der Waals surface area contributed by atoms with E-state index in [1.807, 2.05) is 61.1 Å². The van der Waals surface area contributed by atoms with Crippen molar-refractivity contribution in [2.45, 2.75) is 32.4 Å². The molecule has 1 N–H and O–H groups in total. The first-order valence-electron chi connectivity index (χ1n) is 10.8. The fourth-order valence-corrected chi connectivity index (χ4v) is 3.89. The molecule has 8 heteroatoms. The van der Waals surface area contributed by atoms with E-state index >= 15 is 0 Å². The van der Waals surface area contributed by atoms with Gasteiger partial charge in [-0.3, -0.25) is 14.2 Å². The van der Waals surface area contributed by atoms with Crippen LogP contribution in [-0.2, 0) is 18.4 Å². The van der Waals surface area contributed by atoms with Crippen molar-refractivity contribution in [3.05, 3.63) is 88.5 Å². The summed E-state index contributed by atoms with van der Waals surface area (Å²) in [6, 6.07) is 12.7. The van der Waals surface area contributed by atoms with Gasteiger partial charge in [0.15, 0.2) is 0 Å². The van der Waals surface area contributed by atoms with Crippen LogP contribution in [0.5, 0.6) is 5.75 Å². The van der Waals surface area contributed by atoms with Crippen LogP contribution in [0.1, 0.15) is 35.8 Å². The molecule has 8 nitrogen and oxygen atoms in total. The monoisotopic (exact) mass is 445 g/mol. The number of hydrogen-bond donors (Lipinski definition) is 1. The lowest BCUT2D eigenvalue weighted by atomic mass is 10.1. The number of imidazole rings is 1. The smallest absolute Gasteiger partial charge is 0.261 e. The van der Waals surface area contributed by atoms with Gasteiger partial charge in [-0.15, -0.1) is 0 Å². The number of aryl methyl sites for hydroxylation is 3. The summed E-state index contributed by atoms with van der Waals surface area (Å²) < 4.78 is 8.69. The summed E-state index contributed by atoms with van der Waals surface area (Å²) in [7, 11) is 3.51. The number of carbonyl (C=O) groups is 1. The highest BCUT2D eigenvalue weighted by Crippen LogP contribution is 2.23. The molecule has 1 atom stereocenters. The molecule has 0 radical (unpaired) electrons. The highest BCUT2D eigenvalue weighted by atomic mass is 16.5. The molecule has 0 saturated carbocycles. The van der Waals surface area contributed by atoms with E-state index in [9.17, 15) is 9.59 Å². The van der Waals surface area contributed by atoms with Gasteiger partial charge in [-0.05, 0) is 42.7 Å². The van der Waals surface area contributed by atoms with Gasteiger partial charge in [-0.25, -0.2) is 9.97 Å². The molecule has 33 heavy (non-hydrogen) atoms. The van der Waals surface area contributed by atoms with E-state index in [1.54, 1.807) is 30.3 Å². The summed E-state index contributed by atoms with van der Waals surface area (Å²) in [4.78, 5) is 34.4. The van der Waals surface area contributed by atoms with E-state index < -0.39 is 6.04 Å². The molecule has 0 aliphatic rings. The summed E-state index contributed by atoms with van der Waals surface area (Å²) >= 11 is 0. The highest BCUT2D eigenvalue weighted by molar-refractivity contribution is 5.80. The van der Waals surface area contributed by atoms with Crippen LogP contribution < -0.4 is 15.6 Å². The summed E-state index contributed by atoms with van der Waals surface area (Å²) in [5, 5.41) is 3.68. The fraction of sp³-hybridized carbons (Fsp3) is 0.280. The van der Waals surface area contributed by atoms with Crippen molar-refractivity contribution >= 4 is 16.8 Å². The van der Waals surface area contributed by atoms with Crippen molar-refractivity contribution in [3.8, 4) is 5.75 Å². The number of rotatable bonds is 8. The molecule has 4 rings (SSSR count). The Morgan fingerprint density at radius 2 is 1.94 bits per heavy atom. The van der Waals surface area contributed by atoms with Gasteiger partial charge in [0.25, 0.3) is 5.56 Å². The van der Waals surface area contributed by atoms with Crippen molar-refractivity contribution in [2.24, 2.45) is 7.05 Å². The van der Waals surface area contributed by atoms with Crippen LogP contribution in [0.25, 0.3) is 10.9 Å². The number of ether oxygens (including phenoxy) is 1. The van der Waals surface area contributed by atoms with E-state index in [0.29, 0.717) is 23.9 Å². The van der Waals surface area contributed by atoms with E-state index in [-0.39, 0.29) is 17.9 Å². The number of hydrogen-bond acceptors (Lipinski definition) is 5. The second-order valence-corrected chi connectivity index (χ2v) is 7.99. The summed E-state index contributed by atoms with van der Waals surface area (Å²) in [5.41, 5.74) is 2.50. The largest absolute Gasteiger partial charge is 0.497 e. The Balaban J connectivity index is 1.45. The number of nitrogens with zero attached hydrogens (tertiary/aromatic N) is 4. The molecular formula is C25H27N5O3. The molecule has 170 valence electrons. The van der Waals surface area contributed by atoms with Crippen molar-refractivity contribution < 1.29 is 9.53 Å². The Bertz CT molecular complexity index is 1320. The number of methoxy groups -OCH3 is 1. The fourth-order valence-electron chi connectivity index (χ4n) is 3.89. The summed E-state index contributed by atoms with van der Waals surface area (Å²) in [6.07, 6.45) is 5.90. The average Bonchev–Trinajstić information content (AvgIpc) is 3.25. The van der Waals surface area contributed by atoms with Gasteiger partial charge in [0, 0.05) is 32.4 Å². The zero-order valence-corrected chi connectivity index (χ0v) is 19.0. The average molecular weight is 446 g/mol. The Morgan fingerprint density at radius 1 is 1.15 bits per heavy atom. The Kier molecular flexibility index (Phi) is 6.53. The second kappa shape index (κ2) is 9.68. The van der Waals surface area contributed by atoms with Crippen LogP contribution in [0, 0.1) is 6.92 Å². The zero-order valence-electron chi connectivity index (χ0n) is 19.0. The Labute approximate surface area is 191 Å². The van der Waals surface area contributed by atoms with Gasteiger partial charge >= 0.3 is 0 Å². The maximum atomic E-state index is 12.8. The highest BCUT2D eigenvalue weighted by Gasteiger charge is 2.20. The topological polar surface area (TPSA) is 91.0 Å². The Hall–Kier alpha value is -3.94. The van der Waals surface area contributed by atoms with Crippen molar-refractivity contribution in [2.75, 3.05) is 7.11 Å². The number of benzene rings is 2. The standard InChI is InChI=1S/C25H27N5O3/c1-17-6-4-7-20-22(17)27-16-30(25(20)32)14-5-8-21(31)28-23(24-26-13-15-29(24)2)18-9-11-19(33-3)12-10-18/h4,6-7,9-13,15-16,23H,5,8,14H2,1-3H3,(H,28,31). The number of carbonyl (C=O) groups excluding carboxylic acids is 1. The molecule has 2 aromatic heterocycles. The molecule has 4 aromatic rings. The lowest BCUT2D eigenvalue weighted by Gasteiger charge is -2.19. The van der Waals surface area contributed by atoms with Crippen LogP contribution in [-0.4, -0.2) is 32.1 Å². The van der Waals surface area contributed by atoms with Crippen molar-refractivity contribution in [1.82, 2.24) is 24.4 Å². The minimum absolute atomic E-state index is 0.0896. The first-order valence-corrected chi connectivity index (χ1v) is 10.8. The summed E-state index contributed by atoms with van der Waals surface area (Å²) in [5.74, 6) is 1.36. The molecule has 0 bridgehead atoms. The van der Waals surface area contributed by atoms with E-state index in [4.69, 9.17) is 4.74 Å². The third-order valence-electron chi connectivity index (χ3n) is 5.73. The van der Waals surface area contributed by atoms with Crippen LogP contribution in [0.3, 0.4) is 0 Å². The molecule has 0 saturated heterocycles. The van der Waals surface area contributed by atoms with Crippen molar-refractivity contribution in [1.29, 1.82) is 0 Å². The molecule has 2 aromatic carbocycles. The molecule has 2 heterocycles. The Morgan fingerprint density at radius 3 is 2.64 bits per heavy atom. The first-order chi connectivity index (χ1) is 16.0. The maximum Gasteiger partial charge on any atom is 0.261 e. The predicted octanol–water partition coefficient (Wildman–Crippen LogP) is 3.13. The van der Waals surface area contributed by atoms with E-state index in [0.717, 1.165) is 22.7 Å². The lowest BCUT2D eigenvalue weighted by Crippen LogP contribution is -2.31. The SMILES string of the molecule is COc1ccc(C(NC(=O)CCCn2cnc3c(C)cccc3c2=O)c2nccn2C)cc1. The third kappa shape index (κ3) is 4.79. The van der Waals surface area contributed by atoms with Crippen molar-refractivity contribution in [3.63, 3.8) is 0 Å². The number of para-hydroxylation sites is 1. The number of aromatic nitrogens is 4. The molecular weight excluding hydrogens is 418 g/mol. The molecule has 0 aliphatic carbocycles. The normalized spacial score (nSPS) is 12.0. The van der Waals surface area contributed by atoms with Crippen LogP contribution >= 0.6 is 0 Å². The number of amides is 1. The zero-order chi connectivity index (χ0) is 23.4. The molecule has 0 spiro atoms. The first kappa shape index (κ1) is 22.3.